The number of hydrazine groups is 1. The van der Waals surface area contributed by atoms with Crippen LogP contribution in [0.2, 0.25) is 0 Å². The van der Waals surface area contributed by atoms with Crippen molar-refractivity contribution in [3.05, 3.63) is 23.9 Å². The van der Waals surface area contributed by atoms with E-state index in [1.807, 2.05) is 0 Å². The number of hydrogen-bond acceptors (Lipinski definition) is 7. The molecule has 0 aliphatic carbocycles. The van der Waals surface area contributed by atoms with Crippen molar-refractivity contribution in [3.8, 4) is 0 Å². The Hall–Kier alpha value is -1.93. The molecule has 1 aliphatic heterocycles. The van der Waals surface area contributed by atoms with Crippen molar-refractivity contribution in [3.63, 3.8) is 0 Å². The third kappa shape index (κ3) is 2.07. The second-order valence-electron chi connectivity index (χ2n) is 3.67. The van der Waals surface area contributed by atoms with E-state index in [0.717, 1.165) is 0 Å². The van der Waals surface area contributed by atoms with Gasteiger partial charge >= 0.3 is 0 Å². The van der Waals surface area contributed by atoms with Gasteiger partial charge in [0.2, 0.25) is 11.8 Å². The lowest BCUT2D eigenvalue weighted by atomic mass is 10.2. The topological polar surface area (TPSA) is 105 Å². The second kappa shape index (κ2) is 4.75. The molecule has 18 heavy (non-hydrogen) atoms. The van der Waals surface area contributed by atoms with Gasteiger partial charge in [0.25, 0.3) is 5.91 Å². The van der Waals surface area contributed by atoms with Crippen molar-refractivity contribution in [2.75, 3.05) is 5.43 Å². The highest BCUT2D eigenvalue weighted by Gasteiger charge is 2.40. The lowest BCUT2D eigenvalue weighted by molar-refractivity contribution is -0.134. The molecule has 1 saturated heterocycles. The minimum absolute atomic E-state index is 0.0659. The standard InChI is InChI=1S/C10H10N4O3S/c11-13-7-2-1-5(4-12-7)9(16)14-8(15)3-6(18)10(14)17/h1-2,4,6,18H,3,11H2,(H,12,13). The van der Waals surface area contributed by atoms with Gasteiger partial charge in [0.05, 0.1) is 10.8 Å². The number of aromatic nitrogens is 1. The molecule has 1 atom stereocenters. The Labute approximate surface area is 108 Å². The first-order valence-corrected chi connectivity index (χ1v) is 5.58. The number of nitrogen functional groups attached to an aromatic ring is 1. The molecule has 0 radical (unpaired) electrons. The van der Waals surface area contributed by atoms with E-state index in [4.69, 9.17) is 5.84 Å². The Kier molecular flexibility index (Phi) is 3.30. The Bertz CT molecular complexity index is 516. The minimum Gasteiger partial charge on any atom is -0.308 e. The van der Waals surface area contributed by atoms with Crippen molar-refractivity contribution >= 4 is 36.2 Å². The summed E-state index contributed by atoms with van der Waals surface area (Å²) in [5, 5.41) is -0.751. The Morgan fingerprint density at radius 3 is 2.67 bits per heavy atom. The van der Waals surface area contributed by atoms with Crippen LogP contribution in [-0.4, -0.2) is 32.9 Å². The van der Waals surface area contributed by atoms with Gasteiger partial charge in [-0.1, -0.05) is 0 Å². The second-order valence-corrected chi connectivity index (χ2v) is 4.29. The molecular weight excluding hydrogens is 256 g/mol. The third-order valence-electron chi connectivity index (χ3n) is 2.48. The molecule has 8 heteroatoms. The number of nitrogens with one attached hydrogen (secondary N) is 1. The number of amides is 3. The summed E-state index contributed by atoms with van der Waals surface area (Å²) >= 11 is 3.94. The zero-order valence-electron chi connectivity index (χ0n) is 9.16. The minimum atomic E-state index is -0.751. The predicted molar refractivity (Wildman–Crippen MR) is 65.6 cm³/mol. The van der Waals surface area contributed by atoms with Gasteiger partial charge in [-0.15, -0.1) is 0 Å². The van der Waals surface area contributed by atoms with Gasteiger partial charge < -0.3 is 5.43 Å². The molecule has 3 amide bonds. The number of rotatable bonds is 2. The van der Waals surface area contributed by atoms with Crippen LogP contribution < -0.4 is 11.3 Å². The van der Waals surface area contributed by atoms with Crippen molar-refractivity contribution in [1.82, 2.24) is 9.88 Å². The Morgan fingerprint density at radius 2 is 2.22 bits per heavy atom. The molecule has 7 nitrogen and oxygen atoms in total. The molecule has 1 aromatic rings. The van der Waals surface area contributed by atoms with Gasteiger partial charge in [0.1, 0.15) is 5.82 Å². The molecule has 2 rings (SSSR count). The van der Waals surface area contributed by atoms with E-state index in [0.29, 0.717) is 10.7 Å². The molecule has 1 aliphatic rings. The Morgan fingerprint density at radius 1 is 1.50 bits per heavy atom. The molecule has 1 aromatic heterocycles. The molecule has 0 saturated carbocycles. The zero-order valence-corrected chi connectivity index (χ0v) is 10.1. The van der Waals surface area contributed by atoms with E-state index >= 15 is 0 Å². The number of likely N-dealkylation sites (tertiary alicyclic amines) is 1. The van der Waals surface area contributed by atoms with E-state index in [1.54, 1.807) is 0 Å². The van der Waals surface area contributed by atoms with Crippen LogP contribution in [0.1, 0.15) is 16.8 Å². The predicted octanol–water partition coefficient (Wildman–Crippen LogP) is -0.435. The first-order valence-electron chi connectivity index (χ1n) is 5.06. The van der Waals surface area contributed by atoms with E-state index in [1.165, 1.54) is 18.3 Å². The van der Waals surface area contributed by atoms with Gasteiger partial charge in [-0.05, 0) is 12.1 Å². The van der Waals surface area contributed by atoms with Crippen molar-refractivity contribution < 1.29 is 14.4 Å². The maximum absolute atomic E-state index is 12.0. The molecule has 1 fully saturated rings. The molecule has 2 heterocycles. The number of carbonyl (C=O) groups excluding carboxylic acids is 3. The molecule has 0 aromatic carbocycles. The number of hydrogen-bond donors (Lipinski definition) is 3. The highest BCUT2D eigenvalue weighted by Crippen LogP contribution is 2.20. The molecular formula is C10H10N4O3S. The molecule has 3 N–H and O–H groups in total. The fraction of sp³-hybridized carbons (Fsp3) is 0.200. The van der Waals surface area contributed by atoms with E-state index in [-0.39, 0.29) is 12.0 Å². The third-order valence-corrected chi connectivity index (χ3v) is 2.89. The van der Waals surface area contributed by atoms with Crippen molar-refractivity contribution in [2.24, 2.45) is 5.84 Å². The monoisotopic (exact) mass is 266 g/mol. The SMILES string of the molecule is NNc1ccc(C(=O)N2C(=O)CC(S)C2=O)cn1. The summed E-state index contributed by atoms with van der Waals surface area (Å²) in [6.07, 6.45) is 1.17. The van der Waals surface area contributed by atoms with E-state index in [2.05, 4.69) is 23.0 Å². The van der Waals surface area contributed by atoms with Gasteiger partial charge in [0, 0.05) is 12.6 Å². The van der Waals surface area contributed by atoms with E-state index < -0.39 is 23.0 Å². The highest BCUT2D eigenvalue weighted by atomic mass is 32.1. The fourth-order valence-electron chi connectivity index (χ4n) is 1.56. The smallest absolute Gasteiger partial charge is 0.268 e. The van der Waals surface area contributed by atoms with Gasteiger partial charge in [-0.25, -0.2) is 15.7 Å². The van der Waals surface area contributed by atoms with Gasteiger partial charge in [-0.2, -0.15) is 12.6 Å². The lowest BCUT2D eigenvalue weighted by Crippen LogP contribution is -2.37. The number of anilines is 1. The average molecular weight is 266 g/mol. The van der Waals surface area contributed by atoms with Crippen molar-refractivity contribution in [1.29, 1.82) is 0 Å². The molecule has 94 valence electrons. The van der Waals surface area contributed by atoms with E-state index in [9.17, 15) is 14.4 Å². The van der Waals surface area contributed by atoms with Gasteiger partial charge in [0.15, 0.2) is 0 Å². The molecule has 1 unspecified atom stereocenters. The summed E-state index contributed by atoms with van der Waals surface area (Å²) in [6.45, 7) is 0. The Balaban J connectivity index is 2.25. The fourth-order valence-corrected chi connectivity index (χ4v) is 1.84. The average Bonchev–Trinajstić information content (AvgIpc) is 2.63. The first kappa shape index (κ1) is 12.5. The number of pyridine rings is 1. The number of carbonyl (C=O) groups is 3. The van der Waals surface area contributed by atoms with Crippen LogP contribution in [0.4, 0.5) is 5.82 Å². The summed E-state index contributed by atoms with van der Waals surface area (Å²) < 4.78 is 0. The number of thiol groups is 1. The van der Waals surface area contributed by atoms with Crippen LogP contribution in [0, 0.1) is 0 Å². The zero-order chi connectivity index (χ0) is 13.3. The number of nitrogens with two attached hydrogens (primary N) is 1. The summed E-state index contributed by atoms with van der Waals surface area (Å²) in [5.41, 5.74) is 2.44. The van der Waals surface area contributed by atoms with Crippen LogP contribution >= 0.6 is 12.6 Å². The molecule has 0 spiro atoms. The summed E-state index contributed by atoms with van der Waals surface area (Å²) in [6, 6.07) is 2.90. The molecule has 0 bridgehead atoms. The summed E-state index contributed by atoms with van der Waals surface area (Å²) in [7, 11) is 0. The largest absolute Gasteiger partial charge is 0.308 e. The first-order chi connectivity index (χ1) is 8.54. The summed E-state index contributed by atoms with van der Waals surface area (Å²) in [4.78, 5) is 39.5. The number of nitrogens with zero attached hydrogens (tertiary/aromatic N) is 2. The van der Waals surface area contributed by atoms with Crippen LogP contribution in [0.3, 0.4) is 0 Å². The van der Waals surface area contributed by atoms with Crippen LogP contribution in [0.25, 0.3) is 0 Å². The van der Waals surface area contributed by atoms with Crippen LogP contribution in [0.15, 0.2) is 18.3 Å². The maximum atomic E-state index is 12.0. The van der Waals surface area contributed by atoms with Gasteiger partial charge in [-0.3, -0.25) is 14.4 Å². The van der Waals surface area contributed by atoms with Crippen molar-refractivity contribution in [2.45, 2.75) is 11.7 Å². The quantitative estimate of drug-likeness (QED) is 0.290. The van der Waals surface area contributed by atoms with Crippen LogP contribution in [-0.2, 0) is 9.59 Å². The highest BCUT2D eigenvalue weighted by molar-refractivity contribution is 7.81. The normalized spacial score (nSPS) is 19.2. The summed E-state index contributed by atoms with van der Waals surface area (Å²) in [5.74, 6) is 3.66. The lowest BCUT2D eigenvalue weighted by Gasteiger charge is -2.12. The van der Waals surface area contributed by atoms with Crippen LogP contribution in [0.5, 0.6) is 0 Å². The number of imide groups is 3. The maximum Gasteiger partial charge on any atom is 0.268 e.